The number of aryl methyl sites for hydroxylation is 3. The van der Waals surface area contributed by atoms with Gasteiger partial charge in [0.1, 0.15) is 0 Å². The van der Waals surface area contributed by atoms with Crippen LogP contribution < -0.4 is 0 Å². The van der Waals surface area contributed by atoms with E-state index in [4.69, 9.17) is 0 Å². The molecule has 0 aromatic heterocycles. The van der Waals surface area contributed by atoms with Crippen LogP contribution in [0.15, 0.2) is 30.3 Å². The number of rotatable bonds is 3. The Bertz CT molecular complexity index is 606. The fourth-order valence-electron chi connectivity index (χ4n) is 3.00. The zero-order chi connectivity index (χ0) is 12.7. The molecule has 3 rings (SSSR count). The fourth-order valence-corrected chi connectivity index (χ4v) is 3.00. The molecule has 0 heteroatoms. The van der Waals surface area contributed by atoms with Crippen LogP contribution in [-0.2, 0) is 19.3 Å². The highest BCUT2D eigenvalue weighted by Gasteiger charge is 2.23. The highest BCUT2D eigenvalue weighted by atomic mass is 14.3. The van der Waals surface area contributed by atoms with Crippen molar-refractivity contribution in [3.63, 3.8) is 0 Å². The highest BCUT2D eigenvalue weighted by Crippen LogP contribution is 2.48. The first-order valence-electron chi connectivity index (χ1n) is 7.07. The van der Waals surface area contributed by atoms with Crippen LogP contribution in [0.25, 0.3) is 22.3 Å². The Morgan fingerprint density at radius 3 is 1.72 bits per heavy atom. The monoisotopic (exact) mass is 236 g/mol. The van der Waals surface area contributed by atoms with Gasteiger partial charge in [0.15, 0.2) is 0 Å². The third-order valence-electron chi connectivity index (χ3n) is 4.17. The van der Waals surface area contributed by atoms with Crippen molar-refractivity contribution in [1.82, 2.24) is 0 Å². The van der Waals surface area contributed by atoms with Gasteiger partial charge < -0.3 is 0 Å². The topological polar surface area (TPSA) is 0 Å². The molecule has 0 fully saturated rings. The van der Waals surface area contributed by atoms with E-state index in [0.29, 0.717) is 0 Å². The second-order valence-electron chi connectivity index (χ2n) is 5.11. The molecule has 1 aliphatic rings. The minimum absolute atomic E-state index is 1.12. The van der Waals surface area contributed by atoms with E-state index in [1.54, 1.807) is 0 Å². The molecule has 0 radical (unpaired) electrons. The summed E-state index contributed by atoms with van der Waals surface area (Å²) in [7, 11) is 0. The van der Waals surface area contributed by atoms with Crippen LogP contribution in [0.1, 0.15) is 37.5 Å². The third kappa shape index (κ3) is 1.52. The molecule has 0 heterocycles. The summed E-state index contributed by atoms with van der Waals surface area (Å²) < 4.78 is 0. The molecule has 0 aliphatic heterocycles. The largest absolute Gasteiger partial charge is 0.0613 e. The van der Waals surface area contributed by atoms with Crippen molar-refractivity contribution in [2.45, 2.75) is 40.0 Å². The van der Waals surface area contributed by atoms with E-state index in [-0.39, 0.29) is 0 Å². The zero-order valence-corrected chi connectivity index (χ0v) is 11.5. The first-order chi connectivity index (χ1) is 8.78. The van der Waals surface area contributed by atoms with Gasteiger partial charge in [-0.25, -0.2) is 0 Å². The van der Waals surface area contributed by atoms with Crippen LogP contribution in [0, 0.1) is 0 Å². The van der Waals surface area contributed by atoms with Gasteiger partial charge in [0.25, 0.3) is 0 Å². The Morgan fingerprint density at radius 2 is 1.17 bits per heavy atom. The molecule has 92 valence electrons. The lowest BCUT2D eigenvalue weighted by molar-refractivity contribution is 1.04. The van der Waals surface area contributed by atoms with Gasteiger partial charge >= 0.3 is 0 Å². The standard InChI is InChI=1S/C18H20/c1-4-12-7-8-15-16(9-12)18-11-14(6-3)13(5-2)10-17(15)18/h7-11H,4-6H2,1-3H3. The Kier molecular flexibility index (Phi) is 2.74. The Balaban J connectivity index is 2.13. The average molecular weight is 236 g/mol. The Labute approximate surface area is 110 Å². The van der Waals surface area contributed by atoms with Gasteiger partial charge in [-0.1, -0.05) is 51.1 Å². The van der Waals surface area contributed by atoms with Crippen LogP contribution in [0.4, 0.5) is 0 Å². The highest BCUT2D eigenvalue weighted by molar-refractivity contribution is 6.03. The van der Waals surface area contributed by atoms with Gasteiger partial charge in [-0.15, -0.1) is 0 Å². The van der Waals surface area contributed by atoms with Gasteiger partial charge in [0, 0.05) is 0 Å². The van der Waals surface area contributed by atoms with E-state index in [9.17, 15) is 0 Å². The average Bonchev–Trinajstić information content (AvgIpc) is 2.43. The molecule has 2 aromatic carbocycles. The van der Waals surface area contributed by atoms with Crippen LogP contribution in [0.2, 0.25) is 0 Å². The fraction of sp³-hybridized carbons (Fsp3) is 0.333. The van der Waals surface area contributed by atoms with Crippen LogP contribution in [0.3, 0.4) is 0 Å². The van der Waals surface area contributed by atoms with Gasteiger partial charge in [0.2, 0.25) is 0 Å². The van der Waals surface area contributed by atoms with Gasteiger partial charge in [-0.05, 0) is 58.2 Å². The van der Waals surface area contributed by atoms with Gasteiger partial charge in [-0.3, -0.25) is 0 Å². The first-order valence-corrected chi connectivity index (χ1v) is 7.07. The van der Waals surface area contributed by atoms with Crippen molar-refractivity contribution >= 4 is 0 Å². The van der Waals surface area contributed by atoms with Crippen LogP contribution in [-0.4, -0.2) is 0 Å². The summed E-state index contributed by atoms with van der Waals surface area (Å²) in [4.78, 5) is 0. The number of fused-ring (bicyclic) bond motifs is 4. The van der Waals surface area contributed by atoms with Gasteiger partial charge in [-0.2, -0.15) is 0 Å². The summed E-state index contributed by atoms with van der Waals surface area (Å²) in [5.41, 5.74) is 10.3. The molecule has 0 atom stereocenters. The maximum absolute atomic E-state index is 2.41. The normalized spacial score (nSPS) is 11.7. The zero-order valence-electron chi connectivity index (χ0n) is 11.5. The summed E-state index contributed by atoms with van der Waals surface area (Å²) in [6, 6.07) is 11.7. The third-order valence-corrected chi connectivity index (χ3v) is 4.17. The molecule has 0 N–H and O–H groups in total. The van der Waals surface area contributed by atoms with E-state index in [1.165, 1.54) is 38.9 Å². The molecular weight excluding hydrogens is 216 g/mol. The molecule has 0 spiro atoms. The maximum Gasteiger partial charge on any atom is -0.00959 e. The van der Waals surface area contributed by atoms with Crippen molar-refractivity contribution in [2.24, 2.45) is 0 Å². The SMILES string of the molecule is CCc1ccc2c(c1)-c1cc(CC)c(CC)cc1-2. The van der Waals surface area contributed by atoms with Crippen molar-refractivity contribution in [1.29, 1.82) is 0 Å². The predicted molar refractivity (Wildman–Crippen MR) is 79.0 cm³/mol. The predicted octanol–water partition coefficient (Wildman–Crippen LogP) is 5.02. The lowest BCUT2D eigenvalue weighted by atomic mass is 9.77. The minimum atomic E-state index is 1.12. The summed E-state index contributed by atoms with van der Waals surface area (Å²) in [6.07, 6.45) is 3.40. The number of benzene rings is 2. The van der Waals surface area contributed by atoms with Crippen molar-refractivity contribution in [2.75, 3.05) is 0 Å². The maximum atomic E-state index is 2.41. The first kappa shape index (κ1) is 11.5. The van der Waals surface area contributed by atoms with E-state index in [0.717, 1.165) is 19.3 Å². The second kappa shape index (κ2) is 4.28. The van der Waals surface area contributed by atoms with Gasteiger partial charge in [0.05, 0.1) is 0 Å². The Hall–Kier alpha value is -1.56. The molecule has 0 nitrogen and oxygen atoms in total. The summed E-state index contributed by atoms with van der Waals surface area (Å²) in [5, 5.41) is 0. The smallest absolute Gasteiger partial charge is 0.00959 e. The van der Waals surface area contributed by atoms with Crippen molar-refractivity contribution in [3.05, 3.63) is 47.0 Å². The van der Waals surface area contributed by atoms with Crippen LogP contribution in [0.5, 0.6) is 0 Å². The summed E-state index contributed by atoms with van der Waals surface area (Å²) in [6.45, 7) is 6.72. The summed E-state index contributed by atoms with van der Waals surface area (Å²) in [5.74, 6) is 0. The summed E-state index contributed by atoms with van der Waals surface area (Å²) >= 11 is 0. The van der Waals surface area contributed by atoms with E-state index < -0.39 is 0 Å². The minimum Gasteiger partial charge on any atom is -0.0613 e. The second-order valence-corrected chi connectivity index (χ2v) is 5.11. The van der Waals surface area contributed by atoms with Crippen molar-refractivity contribution < 1.29 is 0 Å². The van der Waals surface area contributed by atoms with Crippen molar-refractivity contribution in [3.8, 4) is 22.3 Å². The molecule has 2 aromatic rings. The molecule has 1 aliphatic carbocycles. The molecule has 0 bridgehead atoms. The number of hydrogen-bond acceptors (Lipinski definition) is 0. The molecule has 18 heavy (non-hydrogen) atoms. The lowest BCUT2D eigenvalue weighted by Gasteiger charge is -2.27. The molecule has 0 saturated carbocycles. The van der Waals surface area contributed by atoms with Crippen LogP contribution >= 0.6 is 0 Å². The quantitative estimate of drug-likeness (QED) is 0.599. The molecule has 0 unspecified atom stereocenters. The Morgan fingerprint density at radius 1 is 0.611 bits per heavy atom. The number of hydrogen-bond donors (Lipinski definition) is 0. The lowest BCUT2D eigenvalue weighted by Crippen LogP contribution is -2.03. The van der Waals surface area contributed by atoms with E-state index >= 15 is 0 Å². The van der Waals surface area contributed by atoms with E-state index in [1.807, 2.05) is 0 Å². The molecule has 0 saturated heterocycles. The molecular formula is C18H20. The molecule has 0 amide bonds. The van der Waals surface area contributed by atoms with E-state index in [2.05, 4.69) is 51.1 Å².